The van der Waals surface area contributed by atoms with Crippen molar-refractivity contribution >= 4 is 12.0 Å². The highest BCUT2D eigenvalue weighted by Gasteiger charge is 2.42. The predicted octanol–water partition coefficient (Wildman–Crippen LogP) is 4.69. The lowest BCUT2D eigenvalue weighted by molar-refractivity contribution is -0.148. The summed E-state index contributed by atoms with van der Waals surface area (Å²) in [6.07, 6.45) is 7.81. The second kappa shape index (κ2) is 10.1. The summed E-state index contributed by atoms with van der Waals surface area (Å²) in [7, 11) is 1.48. The van der Waals surface area contributed by atoms with E-state index in [9.17, 15) is 9.90 Å². The molecule has 4 unspecified atom stereocenters. The number of rotatable bonds is 3. The third kappa shape index (κ3) is 5.71. The maximum absolute atomic E-state index is 13.1. The standard InChI is InChI=1S/C25H34O7/c1-15-10-11-16(2)23-20(31-25(4,5)32-23)9-7-8-18-12-19(26)13-21(29-14-28-6)22(18)24(27)30-17(15)3/h7-8,10-13,15-17,20,23,26H,9,14H2,1-6H3/b8-7?,11-10-/t15-,16?,17?,20?,23?/m1/s1. The topological polar surface area (TPSA) is 83.5 Å². The summed E-state index contributed by atoms with van der Waals surface area (Å²) in [4.78, 5) is 13.1. The third-order valence-electron chi connectivity index (χ3n) is 5.81. The van der Waals surface area contributed by atoms with Gasteiger partial charge in [-0.2, -0.15) is 0 Å². The lowest BCUT2D eigenvalue weighted by Crippen LogP contribution is -2.29. The Bertz CT molecular complexity index is 873. The number of aromatic hydroxyl groups is 1. The number of benzene rings is 1. The van der Waals surface area contributed by atoms with Crippen LogP contribution >= 0.6 is 0 Å². The normalized spacial score (nSPS) is 31.2. The van der Waals surface area contributed by atoms with Crippen LogP contribution < -0.4 is 4.74 Å². The minimum Gasteiger partial charge on any atom is -0.508 e. The number of hydrogen-bond acceptors (Lipinski definition) is 7. The fraction of sp³-hybridized carbons (Fsp3) is 0.560. The molecule has 1 fully saturated rings. The summed E-state index contributed by atoms with van der Waals surface area (Å²) in [5.74, 6) is -0.911. The number of esters is 1. The van der Waals surface area contributed by atoms with E-state index in [4.69, 9.17) is 23.7 Å². The van der Waals surface area contributed by atoms with Crippen LogP contribution in [0.4, 0.5) is 0 Å². The smallest absolute Gasteiger partial charge is 0.342 e. The molecule has 7 nitrogen and oxygen atoms in total. The molecule has 0 saturated carbocycles. The molecule has 1 aromatic rings. The van der Waals surface area contributed by atoms with E-state index in [1.807, 2.05) is 33.8 Å². The van der Waals surface area contributed by atoms with E-state index in [1.165, 1.54) is 19.2 Å². The highest BCUT2D eigenvalue weighted by atomic mass is 16.8. The zero-order chi connectivity index (χ0) is 23.5. The molecular weight excluding hydrogens is 412 g/mol. The van der Waals surface area contributed by atoms with E-state index < -0.39 is 11.8 Å². The van der Waals surface area contributed by atoms with E-state index >= 15 is 0 Å². The Morgan fingerprint density at radius 3 is 2.56 bits per heavy atom. The van der Waals surface area contributed by atoms with Crippen molar-refractivity contribution in [2.75, 3.05) is 13.9 Å². The molecule has 3 rings (SSSR count). The van der Waals surface area contributed by atoms with Gasteiger partial charge in [-0.3, -0.25) is 0 Å². The molecule has 2 heterocycles. The van der Waals surface area contributed by atoms with Gasteiger partial charge >= 0.3 is 5.97 Å². The van der Waals surface area contributed by atoms with E-state index in [0.717, 1.165) is 0 Å². The minimum atomic E-state index is -0.672. The summed E-state index contributed by atoms with van der Waals surface area (Å²) in [5, 5.41) is 10.2. The van der Waals surface area contributed by atoms with Gasteiger partial charge in [0, 0.05) is 25.0 Å². The summed E-state index contributed by atoms with van der Waals surface area (Å²) >= 11 is 0. The van der Waals surface area contributed by atoms with Gasteiger partial charge in [0.05, 0.1) is 12.2 Å². The number of carbonyl (C=O) groups is 1. The van der Waals surface area contributed by atoms with Gasteiger partial charge in [-0.15, -0.1) is 0 Å². The van der Waals surface area contributed by atoms with Crippen molar-refractivity contribution in [3.8, 4) is 11.5 Å². The predicted molar refractivity (Wildman–Crippen MR) is 120 cm³/mol. The zero-order valence-corrected chi connectivity index (χ0v) is 19.7. The molecule has 0 spiro atoms. The maximum Gasteiger partial charge on any atom is 0.342 e. The summed E-state index contributed by atoms with van der Waals surface area (Å²) in [6, 6.07) is 2.90. The van der Waals surface area contributed by atoms with Crippen molar-refractivity contribution in [1.29, 1.82) is 0 Å². The number of phenolic OH excluding ortho intramolecular Hbond substituents is 1. The first kappa shape index (κ1) is 24.3. The minimum absolute atomic E-state index is 0.0161. The molecule has 0 aromatic heterocycles. The van der Waals surface area contributed by atoms with Crippen LogP contribution in [0, 0.1) is 11.8 Å². The molecule has 7 heteroatoms. The molecule has 0 amide bonds. The lowest BCUT2D eigenvalue weighted by atomic mass is 9.94. The lowest BCUT2D eigenvalue weighted by Gasteiger charge is -2.23. The number of cyclic esters (lactones) is 1. The molecule has 0 radical (unpaired) electrons. The molecule has 2 aliphatic heterocycles. The van der Waals surface area contributed by atoms with Crippen molar-refractivity contribution in [3.63, 3.8) is 0 Å². The van der Waals surface area contributed by atoms with Gasteiger partial charge < -0.3 is 28.8 Å². The number of fused-ring (bicyclic) bond motifs is 2. The monoisotopic (exact) mass is 446 g/mol. The number of ether oxygens (including phenoxy) is 5. The Labute approximate surface area is 189 Å². The van der Waals surface area contributed by atoms with E-state index in [1.54, 1.807) is 6.08 Å². The van der Waals surface area contributed by atoms with Gasteiger partial charge in [0.2, 0.25) is 0 Å². The van der Waals surface area contributed by atoms with Crippen molar-refractivity contribution in [1.82, 2.24) is 0 Å². The Balaban J connectivity index is 2.04. The van der Waals surface area contributed by atoms with Gasteiger partial charge in [0.15, 0.2) is 12.6 Å². The van der Waals surface area contributed by atoms with Crippen LogP contribution in [-0.4, -0.2) is 49.1 Å². The maximum atomic E-state index is 13.1. The largest absolute Gasteiger partial charge is 0.508 e. The fourth-order valence-corrected chi connectivity index (χ4v) is 3.98. The summed E-state index contributed by atoms with van der Waals surface area (Å²) < 4.78 is 28.7. The Kier molecular flexibility index (Phi) is 7.64. The van der Waals surface area contributed by atoms with Crippen molar-refractivity contribution in [2.24, 2.45) is 11.8 Å². The average Bonchev–Trinajstić information content (AvgIpc) is 3.03. The first-order valence-electron chi connectivity index (χ1n) is 11.0. The third-order valence-corrected chi connectivity index (χ3v) is 5.81. The Morgan fingerprint density at radius 2 is 1.84 bits per heavy atom. The summed E-state index contributed by atoms with van der Waals surface area (Å²) in [5.41, 5.74) is 0.737. The van der Waals surface area contributed by atoms with Crippen molar-refractivity contribution in [3.05, 3.63) is 41.5 Å². The van der Waals surface area contributed by atoms with Crippen LogP contribution in [0.5, 0.6) is 11.5 Å². The van der Waals surface area contributed by atoms with Gasteiger partial charge in [-0.25, -0.2) is 4.79 Å². The van der Waals surface area contributed by atoms with Crippen molar-refractivity contribution in [2.45, 2.75) is 65.1 Å². The quantitative estimate of drug-likeness (QED) is 0.410. The Hall–Kier alpha value is -2.35. The molecular formula is C25H34O7. The molecule has 1 aromatic carbocycles. The average molecular weight is 447 g/mol. The van der Waals surface area contributed by atoms with Gasteiger partial charge in [-0.05, 0) is 38.8 Å². The molecule has 176 valence electrons. The highest BCUT2D eigenvalue weighted by molar-refractivity contribution is 5.97. The van der Waals surface area contributed by atoms with Crippen LogP contribution in [0.3, 0.4) is 0 Å². The van der Waals surface area contributed by atoms with Crippen LogP contribution in [0.15, 0.2) is 30.4 Å². The van der Waals surface area contributed by atoms with Crippen LogP contribution in [-0.2, 0) is 18.9 Å². The van der Waals surface area contributed by atoms with E-state index in [2.05, 4.69) is 19.1 Å². The van der Waals surface area contributed by atoms with Gasteiger partial charge in [0.25, 0.3) is 0 Å². The molecule has 2 aliphatic rings. The fourth-order valence-electron chi connectivity index (χ4n) is 3.98. The highest BCUT2D eigenvalue weighted by Crippen LogP contribution is 2.36. The van der Waals surface area contributed by atoms with Crippen LogP contribution in [0.1, 0.15) is 57.0 Å². The van der Waals surface area contributed by atoms with E-state index in [-0.39, 0.29) is 54.0 Å². The first-order chi connectivity index (χ1) is 15.1. The molecule has 0 aliphatic carbocycles. The Morgan fingerprint density at radius 1 is 1.12 bits per heavy atom. The van der Waals surface area contributed by atoms with Gasteiger partial charge in [0.1, 0.15) is 23.2 Å². The second-order valence-electron chi connectivity index (χ2n) is 8.95. The van der Waals surface area contributed by atoms with Crippen LogP contribution in [0.2, 0.25) is 0 Å². The summed E-state index contributed by atoms with van der Waals surface area (Å²) in [6.45, 7) is 9.72. The number of phenols is 1. The van der Waals surface area contributed by atoms with E-state index in [0.29, 0.717) is 12.0 Å². The second-order valence-corrected chi connectivity index (χ2v) is 8.95. The number of methoxy groups -OCH3 is 1. The number of carbonyl (C=O) groups excluding carboxylic acids is 1. The molecule has 0 bridgehead atoms. The molecule has 1 saturated heterocycles. The van der Waals surface area contributed by atoms with Crippen LogP contribution in [0.25, 0.3) is 6.08 Å². The SMILES string of the molecule is COCOc1cc(O)cc2c1C(=O)OC(C)[C@H](C)/C=C\C(C)C1OC(C)(C)OC1CC=C2. The molecule has 32 heavy (non-hydrogen) atoms. The molecule has 1 N–H and O–H groups in total. The number of hydrogen-bond donors (Lipinski definition) is 1. The zero-order valence-electron chi connectivity index (χ0n) is 19.7. The van der Waals surface area contributed by atoms with Gasteiger partial charge in [-0.1, -0.05) is 38.2 Å². The molecule has 5 atom stereocenters. The first-order valence-corrected chi connectivity index (χ1v) is 11.0. The van der Waals surface area contributed by atoms with Crippen molar-refractivity contribution < 1.29 is 33.6 Å².